The van der Waals surface area contributed by atoms with Gasteiger partial charge in [0.05, 0.1) is 11.8 Å². The summed E-state index contributed by atoms with van der Waals surface area (Å²) in [5, 5.41) is 3.37. The number of rotatable bonds is 8. The van der Waals surface area contributed by atoms with Crippen molar-refractivity contribution < 1.29 is 4.74 Å². The Morgan fingerprint density at radius 1 is 1.03 bits per heavy atom. The highest BCUT2D eigenvalue weighted by atomic mass is 16.5. The van der Waals surface area contributed by atoms with Crippen molar-refractivity contribution in [1.82, 2.24) is 25.1 Å². The zero-order valence-electron chi connectivity index (χ0n) is 21.5. The summed E-state index contributed by atoms with van der Waals surface area (Å²) in [5.41, 5.74) is 2.84. The van der Waals surface area contributed by atoms with Gasteiger partial charge >= 0.3 is 0 Å². The van der Waals surface area contributed by atoms with Crippen LogP contribution in [0.4, 0.5) is 0 Å². The zero-order chi connectivity index (χ0) is 23.9. The maximum absolute atomic E-state index is 5.61. The lowest BCUT2D eigenvalue weighted by atomic mass is 10.1. The summed E-state index contributed by atoms with van der Waals surface area (Å²) in [6, 6.07) is 12.6. The van der Waals surface area contributed by atoms with Gasteiger partial charge < -0.3 is 19.9 Å². The van der Waals surface area contributed by atoms with Gasteiger partial charge in [-0.3, -0.25) is 0 Å². The number of hydrogen-bond donors (Lipinski definition) is 1. The second-order valence-corrected chi connectivity index (χ2v) is 9.07. The Morgan fingerprint density at radius 3 is 2.27 bits per heavy atom. The van der Waals surface area contributed by atoms with Crippen LogP contribution in [0.25, 0.3) is 0 Å². The third-order valence-electron chi connectivity index (χ3n) is 6.50. The first-order chi connectivity index (χ1) is 16.0. The van der Waals surface area contributed by atoms with Crippen LogP contribution in [0.3, 0.4) is 0 Å². The van der Waals surface area contributed by atoms with Gasteiger partial charge in [-0.15, -0.1) is 0 Å². The average molecular weight is 456 g/mol. The van der Waals surface area contributed by atoms with Gasteiger partial charge in [0.25, 0.3) is 0 Å². The Morgan fingerprint density at radius 2 is 1.76 bits per heavy atom. The minimum Gasteiger partial charge on any atom is -0.377 e. The summed E-state index contributed by atoms with van der Waals surface area (Å²) < 4.78 is 5.61. The molecule has 2 heterocycles. The predicted octanol–water partition coefficient (Wildman–Crippen LogP) is 4.33. The minimum atomic E-state index is 0.335. The Labute approximate surface area is 201 Å². The van der Waals surface area contributed by atoms with Crippen molar-refractivity contribution in [3.05, 3.63) is 60.2 Å². The second-order valence-electron chi connectivity index (χ2n) is 9.07. The van der Waals surface area contributed by atoms with Crippen molar-refractivity contribution >= 4 is 0 Å². The molecule has 0 spiro atoms. The molecule has 0 bridgehead atoms. The maximum atomic E-state index is 5.61. The molecule has 2 aliphatic rings. The van der Waals surface area contributed by atoms with E-state index in [4.69, 9.17) is 4.74 Å². The van der Waals surface area contributed by atoms with Crippen molar-refractivity contribution in [2.24, 2.45) is 0 Å². The van der Waals surface area contributed by atoms with E-state index in [0.717, 1.165) is 38.5 Å². The van der Waals surface area contributed by atoms with Crippen LogP contribution in [0, 0.1) is 0 Å². The largest absolute Gasteiger partial charge is 0.377 e. The molecule has 184 valence electrons. The van der Waals surface area contributed by atoms with Crippen molar-refractivity contribution in [3.8, 4) is 0 Å². The Kier molecular flexibility index (Phi) is 12.5. The molecule has 1 N–H and O–H groups in total. The van der Waals surface area contributed by atoms with Crippen LogP contribution in [0.2, 0.25) is 0 Å². The second kappa shape index (κ2) is 15.1. The van der Waals surface area contributed by atoms with E-state index in [-0.39, 0.29) is 0 Å². The molecule has 1 aliphatic heterocycles. The summed E-state index contributed by atoms with van der Waals surface area (Å²) in [7, 11) is 6.26. The third-order valence-corrected chi connectivity index (χ3v) is 6.50. The van der Waals surface area contributed by atoms with Crippen molar-refractivity contribution in [1.29, 1.82) is 0 Å². The van der Waals surface area contributed by atoms with Crippen LogP contribution in [0.15, 0.2) is 48.9 Å². The van der Waals surface area contributed by atoms with E-state index in [1.807, 2.05) is 13.1 Å². The standard InChI is InChI=1S/C10H13N.C9H19NO.C8H13N3/c1-11-10(7-8-10)9-5-3-2-4-6-9;1-3-10(2)8-9-6-4-5-7-11-9;1-3-11(2)6-8-4-5-9-7-10-8/h2-6,11H,7-8H2,1H3;9H,3-8H2,1-2H3;4-5,7H,3,6H2,1-2H3. The molecule has 1 saturated heterocycles. The molecule has 0 amide bonds. The maximum Gasteiger partial charge on any atom is 0.115 e. The van der Waals surface area contributed by atoms with Crippen LogP contribution in [0.5, 0.6) is 0 Å². The molecule has 33 heavy (non-hydrogen) atoms. The summed E-state index contributed by atoms with van der Waals surface area (Å²) in [6.07, 6.45) is 10.3. The molecule has 4 rings (SSSR count). The SMILES string of the molecule is CCN(C)CC1CCCCO1.CCN(C)Cc1ccncn1.CNC1(c2ccccc2)CC1. The van der Waals surface area contributed by atoms with E-state index in [1.165, 1.54) is 37.7 Å². The Balaban J connectivity index is 0.000000175. The van der Waals surface area contributed by atoms with Gasteiger partial charge in [0, 0.05) is 31.4 Å². The number of hydrogen-bond acceptors (Lipinski definition) is 6. The highest BCUT2D eigenvalue weighted by Crippen LogP contribution is 2.44. The summed E-state index contributed by atoms with van der Waals surface area (Å²) in [6.45, 7) is 9.46. The van der Waals surface area contributed by atoms with Gasteiger partial charge in [-0.25, -0.2) is 9.97 Å². The van der Waals surface area contributed by atoms with E-state index < -0.39 is 0 Å². The number of benzene rings is 1. The lowest BCUT2D eigenvalue weighted by Gasteiger charge is -2.26. The molecule has 6 heteroatoms. The lowest BCUT2D eigenvalue weighted by molar-refractivity contribution is -0.000667. The molecule has 2 aromatic rings. The molecular formula is C27H45N5O. The van der Waals surface area contributed by atoms with Gasteiger partial charge in [-0.2, -0.15) is 0 Å². The van der Waals surface area contributed by atoms with Crippen molar-refractivity contribution in [2.45, 2.75) is 64.1 Å². The average Bonchev–Trinajstić information content (AvgIpc) is 3.68. The molecular weight excluding hydrogens is 410 g/mol. The quantitative estimate of drug-likeness (QED) is 0.639. The van der Waals surface area contributed by atoms with E-state index in [0.29, 0.717) is 11.6 Å². The van der Waals surface area contributed by atoms with Gasteiger partial charge in [-0.05, 0) is 78.0 Å². The first-order valence-electron chi connectivity index (χ1n) is 12.5. The van der Waals surface area contributed by atoms with Crippen molar-refractivity contribution in [3.63, 3.8) is 0 Å². The predicted molar refractivity (Wildman–Crippen MR) is 137 cm³/mol. The molecule has 1 aromatic carbocycles. The molecule has 1 saturated carbocycles. The number of nitrogens with one attached hydrogen (secondary N) is 1. The van der Waals surface area contributed by atoms with Gasteiger partial charge in [0.2, 0.25) is 0 Å². The molecule has 1 aromatic heterocycles. The molecule has 1 atom stereocenters. The highest BCUT2D eigenvalue weighted by Gasteiger charge is 2.42. The van der Waals surface area contributed by atoms with Crippen LogP contribution < -0.4 is 5.32 Å². The summed E-state index contributed by atoms with van der Waals surface area (Å²) >= 11 is 0. The monoisotopic (exact) mass is 455 g/mol. The molecule has 1 aliphatic carbocycles. The molecule has 1 unspecified atom stereocenters. The van der Waals surface area contributed by atoms with Crippen LogP contribution in [-0.2, 0) is 16.8 Å². The zero-order valence-corrected chi connectivity index (χ0v) is 21.5. The van der Waals surface area contributed by atoms with Crippen LogP contribution >= 0.6 is 0 Å². The first kappa shape index (κ1) is 27.4. The van der Waals surface area contributed by atoms with Crippen molar-refractivity contribution in [2.75, 3.05) is 47.4 Å². The molecule has 0 radical (unpaired) electrons. The van der Waals surface area contributed by atoms with Gasteiger partial charge in [0.15, 0.2) is 0 Å². The third kappa shape index (κ3) is 10.3. The smallest absolute Gasteiger partial charge is 0.115 e. The topological polar surface area (TPSA) is 53.5 Å². The van der Waals surface area contributed by atoms with Crippen LogP contribution in [-0.4, -0.2) is 73.3 Å². The Bertz CT molecular complexity index is 733. The van der Waals surface area contributed by atoms with E-state index in [1.54, 1.807) is 12.5 Å². The molecule has 2 fully saturated rings. The number of aromatic nitrogens is 2. The fourth-order valence-corrected chi connectivity index (χ4v) is 3.79. The van der Waals surface area contributed by atoms with E-state index in [9.17, 15) is 0 Å². The summed E-state index contributed by atoms with van der Waals surface area (Å²) in [5.74, 6) is 0. The fraction of sp³-hybridized carbons (Fsp3) is 0.630. The minimum absolute atomic E-state index is 0.335. The number of likely N-dealkylation sites (N-methyl/N-ethyl adjacent to an activating group) is 1. The van der Waals surface area contributed by atoms with Gasteiger partial charge in [-0.1, -0.05) is 44.2 Å². The number of nitrogens with zero attached hydrogens (tertiary/aromatic N) is 4. The first-order valence-corrected chi connectivity index (χ1v) is 12.5. The summed E-state index contributed by atoms with van der Waals surface area (Å²) in [4.78, 5) is 12.5. The lowest BCUT2D eigenvalue weighted by Crippen LogP contribution is -2.33. The van der Waals surface area contributed by atoms with E-state index in [2.05, 4.69) is 83.4 Å². The Hall–Kier alpha value is -1.86. The van der Waals surface area contributed by atoms with Gasteiger partial charge in [0.1, 0.15) is 6.33 Å². The van der Waals surface area contributed by atoms with E-state index >= 15 is 0 Å². The number of ether oxygens (including phenoxy) is 1. The molecule has 6 nitrogen and oxygen atoms in total. The normalized spacial score (nSPS) is 18.7. The fourth-order valence-electron chi connectivity index (χ4n) is 3.79. The highest BCUT2D eigenvalue weighted by molar-refractivity contribution is 5.29. The van der Waals surface area contributed by atoms with Crippen LogP contribution in [0.1, 0.15) is 57.2 Å².